The standard InChI is InChI=1S/C17H31N5.HI/c1-18-17(21(3)15-16-9-8-11-20(16)2)19-10-4-5-12-22-13-6-7-14-22;/h8-9,11H,4-7,10,12-15H2,1-3H3,(H,18,19);1H. The van der Waals surface area contributed by atoms with Crippen LogP contribution in [0.15, 0.2) is 23.3 Å². The Labute approximate surface area is 158 Å². The van der Waals surface area contributed by atoms with Crippen molar-refractivity contribution in [1.29, 1.82) is 0 Å². The number of likely N-dealkylation sites (tertiary alicyclic amines) is 1. The lowest BCUT2D eigenvalue weighted by Crippen LogP contribution is -2.39. The quantitative estimate of drug-likeness (QED) is 0.311. The van der Waals surface area contributed by atoms with Crippen molar-refractivity contribution in [2.45, 2.75) is 32.2 Å². The second-order valence-electron chi connectivity index (χ2n) is 6.20. The van der Waals surface area contributed by atoms with E-state index in [0.29, 0.717) is 0 Å². The second-order valence-corrected chi connectivity index (χ2v) is 6.20. The maximum absolute atomic E-state index is 4.39. The lowest BCUT2D eigenvalue weighted by atomic mass is 10.3. The number of hydrogen-bond acceptors (Lipinski definition) is 2. The fourth-order valence-electron chi connectivity index (χ4n) is 3.03. The Morgan fingerprint density at radius 2 is 2.04 bits per heavy atom. The Bertz CT molecular complexity index is 465. The number of hydrogen-bond donors (Lipinski definition) is 1. The van der Waals surface area contributed by atoms with Gasteiger partial charge in [-0.05, 0) is 57.5 Å². The molecule has 1 N–H and O–H groups in total. The minimum atomic E-state index is 0. The van der Waals surface area contributed by atoms with E-state index in [1.54, 1.807) is 0 Å². The molecule has 2 heterocycles. The van der Waals surface area contributed by atoms with E-state index >= 15 is 0 Å². The van der Waals surface area contributed by atoms with Gasteiger partial charge in [-0.25, -0.2) is 0 Å². The molecule has 0 amide bonds. The van der Waals surface area contributed by atoms with E-state index in [0.717, 1.165) is 19.0 Å². The Kier molecular flexibility index (Phi) is 9.62. The molecule has 0 spiro atoms. The molecular weight excluding hydrogens is 401 g/mol. The number of halogens is 1. The second kappa shape index (κ2) is 10.9. The molecule has 0 atom stereocenters. The molecule has 6 heteroatoms. The van der Waals surface area contributed by atoms with Crippen molar-refractivity contribution >= 4 is 29.9 Å². The molecule has 0 aliphatic carbocycles. The van der Waals surface area contributed by atoms with Gasteiger partial charge in [-0.3, -0.25) is 4.99 Å². The van der Waals surface area contributed by atoms with Crippen LogP contribution in [0.2, 0.25) is 0 Å². The van der Waals surface area contributed by atoms with Crippen molar-refractivity contribution in [3.05, 3.63) is 24.0 Å². The minimum Gasteiger partial charge on any atom is -0.356 e. The van der Waals surface area contributed by atoms with Crippen LogP contribution in [0.5, 0.6) is 0 Å². The largest absolute Gasteiger partial charge is 0.356 e. The normalized spacial score (nSPS) is 15.5. The average Bonchev–Trinajstić information content (AvgIpc) is 3.15. The first-order valence-corrected chi connectivity index (χ1v) is 8.45. The Hall–Kier alpha value is -0.760. The highest BCUT2D eigenvalue weighted by atomic mass is 127. The predicted molar refractivity (Wildman–Crippen MR) is 109 cm³/mol. The number of aryl methyl sites for hydroxylation is 1. The number of guanidine groups is 1. The van der Waals surface area contributed by atoms with Gasteiger partial charge in [0.1, 0.15) is 0 Å². The zero-order valence-electron chi connectivity index (χ0n) is 14.8. The zero-order valence-corrected chi connectivity index (χ0v) is 17.1. The van der Waals surface area contributed by atoms with Crippen LogP contribution in [-0.4, -0.2) is 60.6 Å². The first-order valence-electron chi connectivity index (χ1n) is 8.45. The summed E-state index contributed by atoms with van der Waals surface area (Å²) in [6, 6.07) is 4.23. The number of rotatable bonds is 7. The van der Waals surface area contributed by atoms with Crippen molar-refractivity contribution in [2.75, 3.05) is 40.3 Å². The monoisotopic (exact) mass is 433 g/mol. The molecule has 1 aliphatic rings. The Morgan fingerprint density at radius 3 is 2.65 bits per heavy atom. The highest BCUT2D eigenvalue weighted by molar-refractivity contribution is 14.0. The van der Waals surface area contributed by atoms with Crippen molar-refractivity contribution in [3.8, 4) is 0 Å². The van der Waals surface area contributed by atoms with Gasteiger partial charge in [-0.1, -0.05) is 0 Å². The number of aromatic nitrogens is 1. The van der Waals surface area contributed by atoms with E-state index in [1.165, 1.54) is 51.0 Å². The van der Waals surface area contributed by atoms with Gasteiger partial charge < -0.3 is 19.7 Å². The van der Waals surface area contributed by atoms with E-state index in [2.05, 4.69) is 57.1 Å². The van der Waals surface area contributed by atoms with Gasteiger partial charge in [-0.2, -0.15) is 0 Å². The fraction of sp³-hybridized carbons (Fsp3) is 0.706. The van der Waals surface area contributed by atoms with Gasteiger partial charge in [0.25, 0.3) is 0 Å². The van der Waals surface area contributed by atoms with Crippen LogP contribution in [0.1, 0.15) is 31.4 Å². The number of nitrogens with one attached hydrogen (secondary N) is 1. The first kappa shape index (κ1) is 20.3. The molecular formula is C17H32IN5. The molecule has 0 aromatic carbocycles. The summed E-state index contributed by atoms with van der Waals surface area (Å²) in [6.45, 7) is 5.72. The third-order valence-electron chi connectivity index (χ3n) is 4.41. The molecule has 0 bridgehead atoms. The number of aliphatic imine (C=N–C) groups is 1. The fourth-order valence-corrected chi connectivity index (χ4v) is 3.03. The highest BCUT2D eigenvalue weighted by Gasteiger charge is 2.11. The topological polar surface area (TPSA) is 35.8 Å². The molecule has 132 valence electrons. The molecule has 2 rings (SSSR count). The van der Waals surface area contributed by atoms with Gasteiger partial charge in [0, 0.05) is 39.6 Å². The Balaban J connectivity index is 0.00000264. The third kappa shape index (κ3) is 6.71. The van der Waals surface area contributed by atoms with Crippen LogP contribution in [0.3, 0.4) is 0 Å². The van der Waals surface area contributed by atoms with E-state index in [1.807, 2.05) is 7.05 Å². The van der Waals surface area contributed by atoms with Gasteiger partial charge in [0.15, 0.2) is 5.96 Å². The summed E-state index contributed by atoms with van der Waals surface area (Å²) in [5.74, 6) is 0.974. The summed E-state index contributed by atoms with van der Waals surface area (Å²) >= 11 is 0. The molecule has 1 fully saturated rings. The van der Waals surface area contributed by atoms with Crippen LogP contribution in [0, 0.1) is 0 Å². The predicted octanol–water partition coefficient (Wildman–Crippen LogP) is 2.53. The summed E-state index contributed by atoms with van der Waals surface area (Å²) in [7, 11) is 6.03. The summed E-state index contributed by atoms with van der Waals surface area (Å²) in [5, 5.41) is 3.47. The summed E-state index contributed by atoms with van der Waals surface area (Å²) in [6.07, 6.45) is 7.32. The number of unbranched alkanes of at least 4 members (excludes halogenated alkanes) is 1. The van der Waals surface area contributed by atoms with Crippen LogP contribution in [-0.2, 0) is 13.6 Å². The van der Waals surface area contributed by atoms with E-state index in [9.17, 15) is 0 Å². The van der Waals surface area contributed by atoms with Crippen molar-refractivity contribution in [3.63, 3.8) is 0 Å². The van der Waals surface area contributed by atoms with Gasteiger partial charge in [0.2, 0.25) is 0 Å². The SMILES string of the molecule is CN=C(NCCCCN1CCCC1)N(C)Cc1cccn1C.I. The molecule has 23 heavy (non-hydrogen) atoms. The van der Waals surface area contributed by atoms with Crippen molar-refractivity contribution < 1.29 is 0 Å². The molecule has 5 nitrogen and oxygen atoms in total. The molecule has 0 saturated carbocycles. The molecule has 1 saturated heterocycles. The van der Waals surface area contributed by atoms with E-state index < -0.39 is 0 Å². The zero-order chi connectivity index (χ0) is 15.8. The van der Waals surface area contributed by atoms with Crippen molar-refractivity contribution in [2.24, 2.45) is 12.0 Å². The highest BCUT2D eigenvalue weighted by Crippen LogP contribution is 2.08. The van der Waals surface area contributed by atoms with Gasteiger partial charge >= 0.3 is 0 Å². The summed E-state index contributed by atoms with van der Waals surface area (Å²) in [4.78, 5) is 9.14. The molecule has 0 unspecified atom stereocenters. The van der Waals surface area contributed by atoms with Gasteiger partial charge in [-0.15, -0.1) is 24.0 Å². The Morgan fingerprint density at radius 1 is 1.30 bits per heavy atom. The smallest absolute Gasteiger partial charge is 0.193 e. The first-order chi connectivity index (χ1) is 10.7. The summed E-state index contributed by atoms with van der Waals surface area (Å²) < 4.78 is 2.15. The lowest BCUT2D eigenvalue weighted by Gasteiger charge is -2.22. The van der Waals surface area contributed by atoms with E-state index in [-0.39, 0.29) is 24.0 Å². The molecule has 0 radical (unpaired) electrons. The van der Waals surface area contributed by atoms with Crippen LogP contribution < -0.4 is 5.32 Å². The third-order valence-corrected chi connectivity index (χ3v) is 4.41. The summed E-state index contributed by atoms with van der Waals surface area (Å²) in [5.41, 5.74) is 1.29. The van der Waals surface area contributed by atoms with E-state index in [4.69, 9.17) is 0 Å². The van der Waals surface area contributed by atoms with Crippen molar-refractivity contribution in [1.82, 2.24) is 19.7 Å². The van der Waals surface area contributed by atoms with Crippen LogP contribution in [0.4, 0.5) is 0 Å². The maximum Gasteiger partial charge on any atom is 0.193 e. The molecule has 1 aromatic rings. The van der Waals surface area contributed by atoms with Gasteiger partial charge in [0.05, 0.1) is 6.54 Å². The minimum absolute atomic E-state index is 0. The molecule has 1 aromatic heterocycles. The maximum atomic E-state index is 4.39. The van der Waals surface area contributed by atoms with Crippen LogP contribution in [0.25, 0.3) is 0 Å². The molecule has 1 aliphatic heterocycles. The number of nitrogens with zero attached hydrogens (tertiary/aromatic N) is 4. The van der Waals surface area contributed by atoms with Crippen LogP contribution >= 0.6 is 24.0 Å². The lowest BCUT2D eigenvalue weighted by molar-refractivity contribution is 0.330. The average molecular weight is 433 g/mol.